The number of likely N-dealkylation sites (N-methyl/N-ethyl adjacent to an activating group) is 1. The largest absolute Gasteiger partial charge is 0.433 e. The second-order valence-corrected chi connectivity index (χ2v) is 8.84. The van der Waals surface area contributed by atoms with Gasteiger partial charge in [0.25, 0.3) is 5.88 Å². The number of benzene rings is 1. The third-order valence-corrected chi connectivity index (χ3v) is 5.50. The number of anilines is 1. The van der Waals surface area contributed by atoms with E-state index in [2.05, 4.69) is 52.1 Å². The minimum absolute atomic E-state index is 0.213. The molecule has 0 atom stereocenters. The predicted octanol–water partition coefficient (Wildman–Crippen LogP) is 3.56. The fourth-order valence-corrected chi connectivity index (χ4v) is 3.78. The van der Waals surface area contributed by atoms with E-state index in [1.165, 1.54) is 16.7 Å². The zero-order chi connectivity index (χ0) is 22.2. The highest BCUT2D eigenvalue weighted by Gasteiger charge is 2.20. The number of nitrogens with zero attached hydrogens (tertiary/aromatic N) is 6. The Morgan fingerprint density at radius 2 is 2.10 bits per heavy atom. The Bertz CT molecular complexity index is 1160. The summed E-state index contributed by atoms with van der Waals surface area (Å²) in [6.07, 6.45) is 6.01. The molecule has 0 saturated heterocycles. The van der Waals surface area contributed by atoms with E-state index in [1.54, 1.807) is 23.3 Å². The topological polar surface area (TPSA) is 106 Å². The van der Waals surface area contributed by atoms with E-state index in [0.717, 1.165) is 25.1 Å². The molecule has 0 spiro atoms. The number of rotatable bonds is 5. The first-order chi connectivity index (χ1) is 14.7. The van der Waals surface area contributed by atoms with Crippen molar-refractivity contribution in [2.24, 2.45) is 5.41 Å². The highest BCUT2D eigenvalue weighted by Crippen LogP contribution is 2.31. The van der Waals surface area contributed by atoms with Crippen LogP contribution in [0, 0.1) is 23.7 Å². The third-order valence-electron chi connectivity index (χ3n) is 5.50. The summed E-state index contributed by atoms with van der Waals surface area (Å²) in [7, 11) is 2.15. The summed E-state index contributed by atoms with van der Waals surface area (Å²) in [6.45, 7) is 8.33. The van der Waals surface area contributed by atoms with Crippen molar-refractivity contribution >= 4 is 5.82 Å². The Labute approximate surface area is 182 Å². The number of nitrogens with two attached hydrogens (primary N) is 1. The average Bonchev–Trinajstić information content (AvgIpc) is 3.16. The van der Waals surface area contributed by atoms with Gasteiger partial charge in [-0.3, -0.25) is 4.68 Å². The average molecular weight is 418 g/mol. The molecule has 3 heterocycles. The summed E-state index contributed by atoms with van der Waals surface area (Å²) in [5.41, 5.74) is 11.2. The summed E-state index contributed by atoms with van der Waals surface area (Å²) in [6, 6.07) is 6.60. The molecule has 8 nitrogen and oxygen atoms in total. The summed E-state index contributed by atoms with van der Waals surface area (Å²) >= 11 is 0. The van der Waals surface area contributed by atoms with Gasteiger partial charge in [-0.2, -0.15) is 10.4 Å². The van der Waals surface area contributed by atoms with Crippen molar-refractivity contribution in [3.05, 3.63) is 47.4 Å². The quantitative estimate of drug-likeness (QED) is 0.676. The molecule has 2 N–H and O–H groups in total. The van der Waals surface area contributed by atoms with Crippen molar-refractivity contribution in [1.82, 2.24) is 24.6 Å². The normalized spacial score (nSPS) is 14.2. The van der Waals surface area contributed by atoms with Crippen LogP contribution in [0.4, 0.5) is 5.82 Å². The maximum absolute atomic E-state index is 9.22. The number of hydrogen-bond acceptors (Lipinski definition) is 7. The van der Waals surface area contributed by atoms with Crippen LogP contribution in [0.25, 0.3) is 11.3 Å². The number of ether oxygens (including phenoxy) is 1. The SMILES string of the molecule is Cc1cc(-c2cnc(N)c(Oc3cnn(CC(C)(C)C#N)c3)n2)cc2c1CN(C)CC2. The smallest absolute Gasteiger partial charge is 0.263 e. The lowest BCUT2D eigenvalue weighted by Crippen LogP contribution is -2.27. The van der Waals surface area contributed by atoms with Crippen molar-refractivity contribution in [3.63, 3.8) is 0 Å². The zero-order valence-corrected chi connectivity index (χ0v) is 18.4. The Morgan fingerprint density at radius 3 is 2.87 bits per heavy atom. The highest BCUT2D eigenvalue weighted by atomic mass is 16.5. The number of nitriles is 1. The first kappa shape index (κ1) is 20.8. The van der Waals surface area contributed by atoms with Crippen molar-refractivity contribution in [2.75, 3.05) is 19.3 Å². The van der Waals surface area contributed by atoms with Gasteiger partial charge >= 0.3 is 0 Å². The third kappa shape index (κ3) is 4.52. The van der Waals surface area contributed by atoms with Gasteiger partial charge in [0.05, 0.1) is 42.3 Å². The van der Waals surface area contributed by atoms with E-state index in [1.807, 2.05) is 13.8 Å². The number of nitrogen functional groups attached to an aromatic ring is 1. The van der Waals surface area contributed by atoms with Crippen LogP contribution < -0.4 is 10.5 Å². The maximum atomic E-state index is 9.22. The molecule has 160 valence electrons. The van der Waals surface area contributed by atoms with Crippen LogP contribution in [0.1, 0.15) is 30.5 Å². The van der Waals surface area contributed by atoms with E-state index in [9.17, 15) is 5.26 Å². The molecule has 3 aromatic rings. The Balaban J connectivity index is 1.60. The van der Waals surface area contributed by atoms with Gasteiger partial charge in [0.15, 0.2) is 11.6 Å². The van der Waals surface area contributed by atoms with Gasteiger partial charge in [0, 0.05) is 18.7 Å². The van der Waals surface area contributed by atoms with Gasteiger partial charge in [-0.15, -0.1) is 0 Å². The monoisotopic (exact) mass is 417 g/mol. The molecule has 8 heteroatoms. The van der Waals surface area contributed by atoms with Gasteiger partial charge < -0.3 is 15.4 Å². The van der Waals surface area contributed by atoms with Crippen LogP contribution in [-0.4, -0.2) is 38.2 Å². The highest BCUT2D eigenvalue weighted by molar-refractivity contribution is 5.64. The fourth-order valence-electron chi connectivity index (χ4n) is 3.78. The molecule has 4 rings (SSSR count). The number of hydrogen-bond donors (Lipinski definition) is 1. The van der Waals surface area contributed by atoms with E-state index in [0.29, 0.717) is 18.0 Å². The number of aryl methyl sites for hydroxylation is 1. The molecule has 1 aromatic carbocycles. The van der Waals surface area contributed by atoms with E-state index in [-0.39, 0.29) is 11.7 Å². The molecular weight excluding hydrogens is 390 g/mol. The lowest BCUT2D eigenvalue weighted by atomic mass is 9.92. The minimum atomic E-state index is -0.527. The second kappa shape index (κ2) is 8.00. The molecule has 0 aliphatic carbocycles. The van der Waals surface area contributed by atoms with Crippen LogP contribution >= 0.6 is 0 Å². The molecule has 1 aliphatic heterocycles. The standard InChI is InChI=1S/C23H27N7O/c1-15-7-17(8-16-5-6-29(4)12-19(15)16)20-10-26-21(25)22(28-20)31-18-9-27-30(11-18)14-23(2,3)13-24/h7-11H,5-6,12,14H2,1-4H3,(H2,25,26). The summed E-state index contributed by atoms with van der Waals surface area (Å²) < 4.78 is 7.56. The molecule has 0 unspecified atom stereocenters. The first-order valence-electron chi connectivity index (χ1n) is 10.3. The molecule has 2 aromatic heterocycles. The van der Waals surface area contributed by atoms with Crippen LogP contribution in [0.5, 0.6) is 11.6 Å². The summed E-state index contributed by atoms with van der Waals surface area (Å²) in [5.74, 6) is 0.952. The summed E-state index contributed by atoms with van der Waals surface area (Å²) in [4.78, 5) is 11.3. The van der Waals surface area contributed by atoms with E-state index < -0.39 is 5.41 Å². The van der Waals surface area contributed by atoms with Crippen molar-refractivity contribution in [2.45, 2.75) is 40.3 Å². The Kier molecular flexibility index (Phi) is 5.38. The van der Waals surface area contributed by atoms with Crippen LogP contribution in [0.15, 0.2) is 30.7 Å². The van der Waals surface area contributed by atoms with Crippen molar-refractivity contribution in [1.29, 1.82) is 5.26 Å². The first-order valence-corrected chi connectivity index (χ1v) is 10.3. The molecule has 0 amide bonds. The Morgan fingerprint density at radius 1 is 1.29 bits per heavy atom. The predicted molar refractivity (Wildman–Crippen MR) is 118 cm³/mol. The molecule has 0 radical (unpaired) electrons. The Hall–Kier alpha value is -3.44. The van der Waals surface area contributed by atoms with Gasteiger partial charge in [0.2, 0.25) is 0 Å². The number of fused-ring (bicyclic) bond motifs is 1. The molecule has 0 fully saturated rings. The van der Waals surface area contributed by atoms with Gasteiger partial charge in [-0.1, -0.05) is 0 Å². The molecular formula is C23H27N7O. The van der Waals surface area contributed by atoms with Gasteiger partial charge in [0.1, 0.15) is 0 Å². The lowest BCUT2D eigenvalue weighted by molar-refractivity contribution is 0.312. The zero-order valence-electron chi connectivity index (χ0n) is 18.4. The van der Waals surface area contributed by atoms with Gasteiger partial charge in [-0.25, -0.2) is 9.97 Å². The molecule has 1 aliphatic rings. The van der Waals surface area contributed by atoms with Crippen LogP contribution in [0.2, 0.25) is 0 Å². The van der Waals surface area contributed by atoms with Crippen LogP contribution in [-0.2, 0) is 19.5 Å². The summed E-state index contributed by atoms with van der Waals surface area (Å²) in [5, 5.41) is 13.5. The van der Waals surface area contributed by atoms with Crippen molar-refractivity contribution in [3.8, 4) is 29.0 Å². The fraction of sp³-hybridized carbons (Fsp3) is 0.391. The van der Waals surface area contributed by atoms with Crippen LogP contribution in [0.3, 0.4) is 0 Å². The van der Waals surface area contributed by atoms with E-state index in [4.69, 9.17) is 10.5 Å². The number of aromatic nitrogens is 4. The molecule has 0 saturated carbocycles. The van der Waals surface area contributed by atoms with E-state index >= 15 is 0 Å². The van der Waals surface area contributed by atoms with Crippen molar-refractivity contribution < 1.29 is 4.74 Å². The molecule has 0 bridgehead atoms. The second-order valence-electron chi connectivity index (χ2n) is 8.84. The molecule has 31 heavy (non-hydrogen) atoms. The minimum Gasteiger partial charge on any atom is -0.433 e. The van der Waals surface area contributed by atoms with Gasteiger partial charge in [-0.05, 0) is 63.1 Å². The maximum Gasteiger partial charge on any atom is 0.263 e. The lowest BCUT2D eigenvalue weighted by Gasteiger charge is -2.27.